The van der Waals surface area contributed by atoms with Gasteiger partial charge in [-0.25, -0.2) is 4.79 Å². The van der Waals surface area contributed by atoms with Gasteiger partial charge in [0.2, 0.25) is 0 Å². The van der Waals surface area contributed by atoms with Crippen molar-refractivity contribution in [2.75, 3.05) is 46.9 Å². The average Bonchev–Trinajstić information content (AvgIpc) is 3.27. The fraction of sp³-hybridized carbons (Fsp3) is 0.667. The van der Waals surface area contributed by atoms with Gasteiger partial charge in [-0.3, -0.25) is 0 Å². The molecule has 3 rings (SSSR count). The number of amides is 2. The molecule has 1 aromatic carbocycles. The lowest BCUT2D eigenvalue weighted by Crippen LogP contribution is -2.51. The first-order chi connectivity index (χ1) is 16.2. The van der Waals surface area contributed by atoms with Gasteiger partial charge >= 0.3 is 6.03 Å². The van der Waals surface area contributed by atoms with Crippen molar-refractivity contribution in [2.45, 2.75) is 63.9 Å². The first-order valence-electron chi connectivity index (χ1n) is 12.6. The molecule has 0 spiro atoms. The summed E-state index contributed by atoms with van der Waals surface area (Å²) in [6.45, 7) is 9.60. The molecule has 190 valence electrons. The highest BCUT2D eigenvalue weighted by molar-refractivity contribution is 5.82. The highest BCUT2D eigenvalue weighted by atomic mass is 16.5. The van der Waals surface area contributed by atoms with Gasteiger partial charge in [-0.05, 0) is 45.2 Å². The van der Waals surface area contributed by atoms with E-state index < -0.39 is 5.60 Å². The van der Waals surface area contributed by atoms with Crippen molar-refractivity contribution in [3.8, 4) is 0 Å². The number of furan rings is 1. The van der Waals surface area contributed by atoms with Crippen LogP contribution in [-0.4, -0.2) is 63.0 Å². The Bertz CT molecular complexity index is 936. The van der Waals surface area contributed by atoms with Gasteiger partial charge in [-0.15, -0.1) is 0 Å². The molecular formula is C27H43N3O4. The maximum Gasteiger partial charge on any atom is 0.317 e. The molecule has 2 atom stereocenters. The first-order valence-corrected chi connectivity index (χ1v) is 12.6. The van der Waals surface area contributed by atoms with E-state index >= 15 is 0 Å². The number of likely N-dealkylation sites (tertiary alicyclic amines) is 1. The number of unbranched alkanes of at least 4 members (excludes halogenated alkanes) is 1. The van der Waals surface area contributed by atoms with Crippen LogP contribution in [0.15, 0.2) is 28.7 Å². The topological polar surface area (TPSA) is 87.0 Å². The number of hydrogen-bond acceptors (Lipinski definition) is 5. The maximum atomic E-state index is 12.8. The van der Waals surface area contributed by atoms with E-state index in [-0.39, 0.29) is 17.4 Å². The molecule has 0 saturated carbocycles. The van der Waals surface area contributed by atoms with Crippen molar-refractivity contribution >= 4 is 17.0 Å². The zero-order chi connectivity index (χ0) is 24.8. The molecule has 2 amide bonds. The molecule has 0 radical (unpaired) electrons. The van der Waals surface area contributed by atoms with E-state index in [2.05, 4.69) is 37.5 Å². The van der Waals surface area contributed by atoms with Crippen LogP contribution in [0.5, 0.6) is 0 Å². The van der Waals surface area contributed by atoms with Crippen molar-refractivity contribution < 1.29 is 19.1 Å². The van der Waals surface area contributed by atoms with E-state index in [9.17, 15) is 9.90 Å². The zero-order valence-electron chi connectivity index (χ0n) is 21.6. The summed E-state index contributed by atoms with van der Waals surface area (Å²) in [4.78, 5) is 14.6. The zero-order valence-corrected chi connectivity index (χ0v) is 21.6. The normalized spacial score (nSPS) is 18.8. The molecular weight excluding hydrogens is 430 g/mol. The van der Waals surface area contributed by atoms with Crippen LogP contribution < -0.4 is 10.6 Å². The fourth-order valence-electron chi connectivity index (χ4n) is 4.93. The molecule has 7 nitrogen and oxygen atoms in total. The third-order valence-electron chi connectivity index (χ3n) is 6.94. The number of likely N-dealkylation sites (N-methyl/N-ethyl adjacent to an activating group) is 1. The van der Waals surface area contributed by atoms with Gasteiger partial charge in [-0.2, -0.15) is 0 Å². The van der Waals surface area contributed by atoms with Gasteiger partial charge in [0.25, 0.3) is 0 Å². The summed E-state index contributed by atoms with van der Waals surface area (Å²) in [5.41, 5.74) is 0.377. The largest absolute Gasteiger partial charge is 0.460 e. The lowest BCUT2D eigenvalue weighted by molar-refractivity contribution is -0.0557. The summed E-state index contributed by atoms with van der Waals surface area (Å²) in [5, 5.41) is 19.4. The van der Waals surface area contributed by atoms with Crippen LogP contribution >= 0.6 is 0 Å². The molecule has 1 aliphatic rings. The number of piperidine rings is 1. The number of nitrogens with zero attached hydrogens (tertiary/aromatic N) is 1. The lowest BCUT2D eigenvalue weighted by atomic mass is 9.73. The Kier molecular flexibility index (Phi) is 9.01. The molecule has 2 aromatic rings. The fourth-order valence-corrected chi connectivity index (χ4v) is 4.93. The number of methoxy groups -OCH3 is 1. The van der Waals surface area contributed by atoms with Gasteiger partial charge in [-0.1, -0.05) is 39.0 Å². The van der Waals surface area contributed by atoms with Crippen LogP contribution in [-0.2, 0) is 15.8 Å². The Morgan fingerprint density at radius 1 is 1.26 bits per heavy atom. The van der Waals surface area contributed by atoms with Gasteiger partial charge < -0.3 is 29.8 Å². The molecule has 1 saturated heterocycles. The minimum absolute atomic E-state index is 0.0621. The number of carbonyl (C=O) groups is 1. The number of nitrogens with one attached hydrogen (secondary N) is 2. The van der Waals surface area contributed by atoms with Crippen molar-refractivity contribution in [1.29, 1.82) is 0 Å². The van der Waals surface area contributed by atoms with E-state index in [0.717, 1.165) is 54.5 Å². The molecule has 1 aromatic heterocycles. The summed E-state index contributed by atoms with van der Waals surface area (Å²) in [6, 6.07) is 8.08. The Hall–Kier alpha value is -2.09. The minimum Gasteiger partial charge on any atom is -0.460 e. The predicted molar refractivity (Wildman–Crippen MR) is 136 cm³/mol. The third-order valence-corrected chi connectivity index (χ3v) is 6.94. The number of ether oxygens (including phenoxy) is 1. The summed E-state index contributed by atoms with van der Waals surface area (Å²) >= 11 is 0. The Morgan fingerprint density at radius 3 is 2.76 bits per heavy atom. The first kappa shape index (κ1) is 26.5. The van der Waals surface area contributed by atoms with Gasteiger partial charge in [0.1, 0.15) is 11.3 Å². The average molecular weight is 474 g/mol. The molecule has 0 unspecified atom stereocenters. The minimum atomic E-state index is -1.09. The van der Waals surface area contributed by atoms with E-state index in [1.165, 1.54) is 0 Å². The standard InChI is InChI=1S/C27H43N3O4/c1-26(2,3)23-18-20-10-8-12-22(24(20)34-23)27(32,13-6-7-17-33-5)21-11-9-16-30(19-21)25(31)29-15-14-28-4/h8,10,12,18,21,28,32H,6-7,9,11,13-17,19H2,1-5H3,(H,29,31)/t21-,27+/m1/s1. The molecule has 3 N–H and O–H groups in total. The number of aliphatic hydroxyl groups is 1. The van der Waals surface area contributed by atoms with Crippen LogP contribution in [0.25, 0.3) is 11.0 Å². The summed E-state index contributed by atoms with van der Waals surface area (Å²) in [6.07, 6.45) is 4.04. The number of para-hydroxylation sites is 1. The van der Waals surface area contributed by atoms with E-state index in [1.807, 2.05) is 30.1 Å². The van der Waals surface area contributed by atoms with Crippen LogP contribution in [0, 0.1) is 5.92 Å². The number of rotatable bonds is 10. The molecule has 0 bridgehead atoms. The molecule has 7 heteroatoms. The molecule has 1 fully saturated rings. The second kappa shape index (κ2) is 11.6. The molecule has 2 heterocycles. The SMILES string of the molecule is CNCCNC(=O)N1CCC[C@@H]([C@@](O)(CCCCOC)c2cccc3cc(C(C)(C)C)oc23)C1. The number of benzene rings is 1. The summed E-state index contributed by atoms with van der Waals surface area (Å²) in [7, 11) is 3.57. The lowest BCUT2D eigenvalue weighted by Gasteiger charge is -2.42. The van der Waals surface area contributed by atoms with Crippen LogP contribution in [0.4, 0.5) is 4.79 Å². The number of carbonyl (C=O) groups excluding carboxylic acids is 1. The monoisotopic (exact) mass is 473 g/mol. The van der Waals surface area contributed by atoms with Crippen LogP contribution in [0.1, 0.15) is 64.2 Å². The second-order valence-electron chi connectivity index (χ2n) is 10.6. The van der Waals surface area contributed by atoms with Crippen molar-refractivity contribution in [2.24, 2.45) is 5.92 Å². The highest BCUT2D eigenvalue weighted by Crippen LogP contribution is 2.44. The smallest absolute Gasteiger partial charge is 0.317 e. The van der Waals surface area contributed by atoms with Crippen molar-refractivity contribution in [3.63, 3.8) is 0 Å². The van der Waals surface area contributed by atoms with Crippen LogP contribution in [0.2, 0.25) is 0 Å². The van der Waals surface area contributed by atoms with Crippen molar-refractivity contribution in [3.05, 3.63) is 35.6 Å². The molecule has 34 heavy (non-hydrogen) atoms. The number of fused-ring (bicyclic) bond motifs is 1. The summed E-state index contributed by atoms with van der Waals surface area (Å²) in [5.74, 6) is 0.832. The quantitative estimate of drug-likeness (QED) is 0.446. The third kappa shape index (κ3) is 6.12. The van der Waals surface area contributed by atoms with E-state index in [0.29, 0.717) is 32.7 Å². The maximum absolute atomic E-state index is 12.8. The Morgan fingerprint density at radius 2 is 2.06 bits per heavy atom. The van der Waals surface area contributed by atoms with E-state index in [1.54, 1.807) is 7.11 Å². The number of hydrogen-bond donors (Lipinski definition) is 3. The Balaban J connectivity index is 1.93. The predicted octanol–water partition coefficient (Wildman–Crippen LogP) is 4.38. The molecule has 1 aliphatic heterocycles. The molecule has 0 aliphatic carbocycles. The van der Waals surface area contributed by atoms with Gasteiger partial charge in [0.15, 0.2) is 0 Å². The van der Waals surface area contributed by atoms with E-state index in [4.69, 9.17) is 9.15 Å². The van der Waals surface area contributed by atoms with Gasteiger partial charge in [0, 0.05) is 62.2 Å². The summed E-state index contributed by atoms with van der Waals surface area (Å²) < 4.78 is 11.6. The Labute approximate surface area is 204 Å². The number of urea groups is 1. The van der Waals surface area contributed by atoms with Crippen LogP contribution in [0.3, 0.4) is 0 Å². The second-order valence-corrected chi connectivity index (χ2v) is 10.6. The van der Waals surface area contributed by atoms with Gasteiger partial charge in [0.05, 0.1) is 5.60 Å². The van der Waals surface area contributed by atoms with Crippen molar-refractivity contribution in [1.82, 2.24) is 15.5 Å². The highest BCUT2D eigenvalue weighted by Gasteiger charge is 2.43.